The van der Waals surface area contributed by atoms with E-state index in [1.807, 2.05) is 42.7 Å². The molecule has 2 rings (SSSR count). The van der Waals surface area contributed by atoms with Crippen LogP contribution in [0.5, 0.6) is 6.01 Å². The van der Waals surface area contributed by atoms with E-state index >= 15 is 0 Å². The minimum absolute atomic E-state index is 0.433. The minimum Gasteiger partial charge on any atom is -0.454 e. The second-order valence-corrected chi connectivity index (χ2v) is 6.65. The van der Waals surface area contributed by atoms with Crippen LogP contribution < -0.4 is 4.74 Å². The average molecular weight is 405 g/mol. The van der Waals surface area contributed by atoms with Gasteiger partial charge in [-0.3, -0.25) is 4.57 Å². The number of aliphatic hydroxyl groups is 1. The number of hydrogen-bond donors (Lipinski definition) is 1. The number of hydrogen-bond acceptors (Lipinski definition) is 6. The highest BCUT2D eigenvalue weighted by molar-refractivity contribution is 5.76. The molecule has 2 aromatic rings. The summed E-state index contributed by atoms with van der Waals surface area (Å²) in [4.78, 5) is 4.60. The van der Waals surface area contributed by atoms with E-state index < -0.39 is 12.2 Å². The molecule has 1 N–H and O–H groups in total. The maximum absolute atomic E-state index is 10.4. The van der Waals surface area contributed by atoms with Crippen molar-refractivity contribution in [3.63, 3.8) is 0 Å². The second kappa shape index (κ2) is 12.4. The first kappa shape index (κ1) is 23.1. The molecule has 160 valence electrons. The summed E-state index contributed by atoms with van der Waals surface area (Å²) >= 11 is 0. The first-order chi connectivity index (χ1) is 14.1. The molecule has 0 radical (unpaired) electrons. The van der Waals surface area contributed by atoms with Crippen LogP contribution in [-0.4, -0.2) is 67.0 Å². The molecule has 0 aliphatic carbocycles. The summed E-state index contributed by atoms with van der Waals surface area (Å²) in [6, 6.07) is 8.24. The van der Waals surface area contributed by atoms with Crippen molar-refractivity contribution in [3.05, 3.63) is 48.6 Å². The molecular weight excluding hydrogens is 372 g/mol. The van der Waals surface area contributed by atoms with Crippen molar-refractivity contribution >= 4 is 11.0 Å². The van der Waals surface area contributed by atoms with Crippen molar-refractivity contribution in [3.8, 4) is 6.01 Å². The Labute approximate surface area is 172 Å². The summed E-state index contributed by atoms with van der Waals surface area (Å²) in [7, 11) is 1.64. The van der Waals surface area contributed by atoms with E-state index in [2.05, 4.69) is 11.6 Å². The van der Waals surface area contributed by atoms with Crippen LogP contribution >= 0.6 is 0 Å². The summed E-state index contributed by atoms with van der Waals surface area (Å²) in [5.74, 6) is 0. The summed E-state index contributed by atoms with van der Waals surface area (Å²) in [5.41, 5.74) is 2.49. The molecule has 0 saturated heterocycles. The van der Waals surface area contributed by atoms with E-state index in [0.717, 1.165) is 16.6 Å². The molecule has 1 heterocycles. The third kappa shape index (κ3) is 6.97. The Morgan fingerprint density at radius 1 is 1.17 bits per heavy atom. The molecule has 0 fully saturated rings. The van der Waals surface area contributed by atoms with Gasteiger partial charge in [0, 0.05) is 7.11 Å². The first-order valence-electron chi connectivity index (χ1n) is 9.81. The lowest BCUT2D eigenvalue weighted by atomic mass is 10.1. The third-order valence-electron chi connectivity index (χ3n) is 4.30. The second-order valence-electron chi connectivity index (χ2n) is 6.65. The fraction of sp³-hybridized carbons (Fsp3) is 0.500. The number of rotatable bonds is 14. The van der Waals surface area contributed by atoms with Gasteiger partial charge >= 0.3 is 0 Å². The lowest BCUT2D eigenvalue weighted by Gasteiger charge is -2.22. The van der Waals surface area contributed by atoms with Gasteiger partial charge in [0.1, 0.15) is 6.10 Å². The number of allylic oxidation sites excluding steroid dienone is 1. The van der Waals surface area contributed by atoms with Crippen LogP contribution in [-0.2, 0) is 20.8 Å². The van der Waals surface area contributed by atoms with Gasteiger partial charge in [0.15, 0.2) is 6.10 Å². The monoisotopic (exact) mass is 404 g/mol. The SMILES string of the molecule is C=C(C)[C@H](Oc1nc2ccccc2n1CCOCCOCCOC)[C@H](O)/C=C/C. The Hall–Kier alpha value is -2.19. The molecule has 1 aromatic carbocycles. The molecule has 0 saturated carbocycles. The number of aromatic nitrogens is 2. The van der Waals surface area contributed by atoms with Gasteiger partial charge in [0.2, 0.25) is 0 Å². The largest absolute Gasteiger partial charge is 0.454 e. The lowest BCUT2D eigenvalue weighted by Crippen LogP contribution is -2.32. The van der Waals surface area contributed by atoms with Crippen molar-refractivity contribution in [1.82, 2.24) is 9.55 Å². The van der Waals surface area contributed by atoms with Crippen molar-refractivity contribution in [2.45, 2.75) is 32.6 Å². The number of nitrogens with zero attached hydrogens (tertiary/aromatic N) is 2. The standard InChI is InChI=1S/C22H32N2O5/c1-5-8-20(25)21(17(2)3)29-22-23-18-9-6-7-10-19(18)24(22)11-12-27-15-16-28-14-13-26-4/h5-10,20-21,25H,2,11-16H2,1,3-4H3/b8-5+/t20-,21+/m1/s1. The van der Waals surface area contributed by atoms with Crippen LogP contribution in [0, 0.1) is 0 Å². The zero-order valence-electron chi connectivity index (χ0n) is 17.5. The van der Waals surface area contributed by atoms with Gasteiger partial charge in [-0.15, -0.1) is 0 Å². The number of benzene rings is 1. The Morgan fingerprint density at radius 2 is 1.86 bits per heavy atom. The predicted octanol–water partition coefficient (Wildman–Crippen LogP) is 2.98. The summed E-state index contributed by atoms with van der Waals surface area (Å²) in [5, 5.41) is 10.4. The minimum atomic E-state index is -0.800. The van der Waals surface area contributed by atoms with Gasteiger partial charge in [-0.05, 0) is 31.6 Å². The highest BCUT2D eigenvalue weighted by Gasteiger charge is 2.23. The van der Waals surface area contributed by atoms with Crippen LogP contribution in [0.2, 0.25) is 0 Å². The van der Waals surface area contributed by atoms with Crippen LogP contribution in [0.25, 0.3) is 11.0 Å². The van der Waals surface area contributed by atoms with Crippen molar-refractivity contribution in [1.29, 1.82) is 0 Å². The van der Waals surface area contributed by atoms with E-state index in [1.165, 1.54) is 0 Å². The quantitative estimate of drug-likeness (QED) is 0.385. The topological polar surface area (TPSA) is 75.0 Å². The van der Waals surface area contributed by atoms with Crippen molar-refractivity contribution < 1.29 is 24.1 Å². The average Bonchev–Trinajstić information content (AvgIpc) is 3.05. The van der Waals surface area contributed by atoms with Gasteiger partial charge in [-0.1, -0.05) is 30.9 Å². The molecule has 0 unspecified atom stereocenters. The normalized spacial score (nSPS) is 13.8. The maximum Gasteiger partial charge on any atom is 0.298 e. The zero-order chi connectivity index (χ0) is 21.1. The predicted molar refractivity (Wildman–Crippen MR) is 113 cm³/mol. The van der Waals surface area contributed by atoms with E-state index in [1.54, 1.807) is 19.3 Å². The molecule has 0 aliphatic heterocycles. The number of aliphatic hydroxyl groups excluding tert-OH is 1. The molecule has 29 heavy (non-hydrogen) atoms. The number of para-hydroxylation sites is 2. The van der Waals surface area contributed by atoms with Gasteiger partial charge in [-0.2, -0.15) is 4.98 Å². The molecule has 1 aromatic heterocycles. The number of ether oxygens (including phenoxy) is 4. The van der Waals surface area contributed by atoms with Gasteiger partial charge in [-0.25, -0.2) is 0 Å². The maximum atomic E-state index is 10.4. The summed E-state index contributed by atoms with van der Waals surface area (Å²) in [6.07, 6.45) is 2.08. The van der Waals surface area contributed by atoms with Crippen LogP contribution in [0.1, 0.15) is 13.8 Å². The van der Waals surface area contributed by atoms with Crippen molar-refractivity contribution in [2.75, 3.05) is 40.1 Å². The van der Waals surface area contributed by atoms with Crippen LogP contribution in [0.3, 0.4) is 0 Å². The molecule has 0 bridgehead atoms. The smallest absolute Gasteiger partial charge is 0.298 e. The third-order valence-corrected chi connectivity index (χ3v) is 4.30. The number of imidazole rings is 1. The van der Waals surface area contributed by atoms with Gasteiger partial charge in [0.25, 0.3) is 6.01 Å². The van der Waals surface area contributed by atoms with E-state index in [9.17, 15) is 5.11 Å². The molecular formula is C22H32N2O5. The van der Waals surface area contributed by atoms with E-state index in [4.69, 9.17) is 18.9 Å². The van der Waals surface area contributed by atoms with E-state index in [-0.39, 0.29) is 0 Å². The fourth-order valence-electron chi connectivity index (χ4n) is 2.85. The summed E-state index contributed by atoms with van der Waals surface area (Å²) < 4.78 is 24.1. The Kier molecular flexibility index (Phi) is 9.87. The Balaban J connectivity index is 2.05. The number of methoxy groups -OCH3 is 1. The first-order valence-corrected chi connectivity index (χ1v) is 9.81. The molecule has 0 amide bonds. The molecule has 7 heteroatoms. The van der Waals surface area contributed by atoms with Crippen LogP contribution in [0.4, 0.5) is 0 Å². The molecule has 0 aliphatic rings. The molecule has 0 spiro atoms. The Morgan fingerprint density at radius 3 is 2.55 bits per heavy atom. The highest BCUT2D eigenvalue weighted by atomic mass is 16.5. The lowest BCUT2D eigenvalue weighted by molar-refractivity contribution is 0.0222. The molecule has 7 nitrogen and oxygen atoms in total. The van der Waals surface area contributed by atoms with Crippen molar-refractivity contribution in [2.24, 2.45) is 0 Å². The fourth-order valence-corrected chi connectivity index (χ4v) is 2.85. The van der Waals surface area contributed by atoms with E-state index in [0.29, 0.717) is 45.6 Å². The van der Waals surface area contributed by atoms with Gasteiger partial charge in [0.05, 0.1) is 50.6 Å². The number of fused-ring (bicyclic) bond motifs is 1. The van der Waals surface area contributed by atoms with Gasteiger partial charge < -0.3 is 24.1 Å². The highest BCUT2D eigenvalue weighted by Crippen LogP contribution is 2.24. The summed E-state index contributed by atoms with van der Waals surface area (Å²) in [6.45, 7) is 10.8. The zero-order valence-corrected chi connectivity index (χ0v) is 17.5. The Bertz CT molecular complexity index is 787. The molecule has 2 atom stereocenters. The van der Waals surface area contributed by atoms with Crippen LogP contribution in [0.15, 0.2) is 48.6 Å².